The molecular formula is C11H18N4O2. The van der Waals surface area contributed by atoms with Gasteiger partial charge in [-0.1, -0.05) is 0 Å². The van der Waals surface area contributed by atoms with Gasteiger partial charge in [-0.25, -0.2) is 9.48 Å². The van der Waals surface area contributed by atoms with Crippen LogP contribution < -0.4 is 11.0 Å². The molecule has 0 aliphatic carbocycles. The third-order valence-corrected chi connectivity index (χ3v) is 3.68. The highest BCUT2D eigenvalue weighted by atomic mass is 16.5. The molecule has 94 valence electrons. The normalized spacial score (nSPS) is 26.5. The van der Waals surface area contributed by atoms with Crippen LogP contribution in [0.5, 0.6) is 0 Å². The van der Waals surface area contributed by atoms with E-state index < -0.39 is 0 Å². The Morgan fingerprint density at radius 3 is 2.82 bits per heavy atom. The summed E-state index contributed by atoms with van der Waals surface area (Å²) in [6, 6.07) is 0.489. The summed E-state index contributed by atoms with van der Waals surface area (Å²) in [4.78, 5) is 12.3. The van der Waals surface area contributed by atoms with Gasteiger partial charge in [0.2, 0.25) is 0 Å². The molecule has 0 amide bonds. The van der Waals surface area contributed by atoms with E-state index in [1.807, 2.05) is 0 Å². The summed E-state index contributed by atoms with van der Waals surface area (Å²) in [5, 5.41) is 7.54. The number of hydrogen-bond donors (Lipinski definition) is 1. The van der Waals surface area contributed by atoms with Crippen molar-refractivity contribution in [2.75, 3.05) is 26.3 Å². The lowest BCUT2D eigenvalue weighted by Gasteiger charge is -2.21. The predicted molar refractivity (Wildman–Crippen MR) is 62.1 cm³/mol. The summed E-state index contributed by atoms with van der Waals surface area (Å²) >= 11 is 0. The van der Waals surface area contributed by atoms with E-state index in [0.717, 1.165) is 45.6 Å². The molecule has 0 radical (unpaired) electrons. The van der Waals surface area contributed by atoms with Gasteiger partial charge in [-0.2, -0.15) is 5.10 Å². The lowest BCUT2D eigenvalue weighted by molar-refractivity contribution is 0.0650. The van der Waals surface area contributed by atoms with Gasteiger partial charge in [0.15, 0.2) is 0 Å². The highest BCUT2D eigenvalue weighted by Gasteiger charge is 2.23. The lowest BCUT2D eigenvalue weighted by Crippen LogP contribution is -2.33. The van der Waals surface area contributed by atoms with Crippen molar-refractivity contribution in [3.8, 4) is 0 Å². The molecule has 1 aromatic rings. The van der Waals surface area contributed by atoms with Gasteiger partial charge in [0.25, 0.3) is 0 Å². The Labute approximate surface area is 99.6 Å². The van der Waals surface area contributed by atoms with E-state index in [1.165, 1.54) is 0 Å². The molecule has 0 saturated carbocycles. The first-order valence-electron chi connectivity index (χ1n) is 6.30. The monoisotopic (exact) mass is 238 g/mol. The van der Waals surface area contributed by atoms with E-state index in [4.69, 9.17) is 4.74 Å². The number of hydrogen-bond acceptors (Lipinski definition) is 4. The summed E-state index contributed by atoms with van der Waals surface area (Å²) in [5.74, 6) is 0. The van der Waals surface area contributed by atoms with Gasteiger partial charge in [0.05, 0.1) is 12.1 Å². The molecule has 0 unspecified atom stereocenters. The molecule has 1 atom stereocenters. The highest BCUT2D eigenvalue weighted by molar-refractivity contribution is 4.84. The first-order valence-corrected chi connectivity index (χ1v) is 6.30. The molecule has 17 heavy (non-hydrogen) atoms. The molecule has 3 rings (SSSR count). The van der Waals surface area contributed by atoms with Crippen molar-refractivity contribution in [2.24, 2.45) is 0 Å². The molecule has 2 fully saturated rings. The maximum absolute atomic E-state index is 12.3. The fraction of sp³-hybridized carbons (Fsp3) is 0.818. The minimum Gasteiger partial charge on any atom is -0.381 e. The smallest absolute Gasteiger partial charge is 0.346 e. The number of nitrogens with one attached hydrogen (secondary N) is 1. The molecule has 0 aromatic carbocycles. The standard InChI is InChI=1S/C11H18N4O2/c16-11-14(10-1-4-12-7-10)8-13-15(11)9-2-5-17-6-3-9/h8-10,12H,1-7H2/t10-/m0/s1. The van der Waals surface area contributed by atoms with E-state index in [0.29, 0.717) is 0 Å². The third kappa shape index (κ3) is 2.02. The topological polar surface area (TPSA) is 61.1 Å². The van der Waals surface area contributed by atoms with Crippen LogP contribution in [0.25, 0.3) is 0 Å². The maximum atomic E-state index is 12.3. The molecular weight excluding hydrogens is 220 g/mol. The number of nitrogens with zero attached hydrogens (tertiary/aromatic N) is 3. The average molecular weight is 238 g/mol. The van der Waals surface area contributed by atoms with Crippen molar-refractivity contribution in [3.05, 3.63) is 16.8 Å². The molecule has 2 aliphatic rings. The summed E-state index contributed by atoms with van der Waals surface area (Å²) in [5.41, 5.74) is 0.0330. The van der Waals surface area contributed by atoms with Crippen LogP contribution in [0.4, 0.5) is 0 Å². The zero-order valence-electron chi connectivity index (χ0n) is 9.84. The zero-order chi connectivity index (χ0) is 11.7. The Balaban J connectivity index is 1.83. The van der Waals surface area contributed by atoms with Gasteiger partial charge in [0, 0.05) is 19.8 Å². The summed E-state index contributed by atoms with van der Waals surface area (Å²) < 4.78 is 8.72. The van der Waals surface area contributed by atoms with Crippen molar-refractivity contribution in [2.45, 2.75) is 31.3 Å². The molecule has 6 heteroatoms. The Bertz CT molecular complexity index is 427. The van der Waals surface area contributed by atoms with Crippen LogP contribution in [0.1, 0.15) is 31.3 Å². The van der Waals surface area contributed by atoms with Crippen LogP contribution in [0.15, 0.2) is 11.1 Å². The fourth-order valence-corrected chi connectivity index (χ4v) is 2.64. The number of ether oxygens (including phenoxy) is 1. The molecule has 3 heterocycles. The Morgan fingerprint density at radius 2 is 2.12 bits per heavy atom. The minimum atomic E-state index is 0.0330. The summed E-state index contributed by atoms with van der Waals surface area (Å²) in [7, 11) is 0. The molecule has 6 nitrogen and oxygen atoms in total. The van der Waals surface area contributed by atoms with Crippen LogP contribution >= 0.6 is 0 Å². The van der Waals surface area contributed by atoms with Crippen molar-refractivity contribution in [3.63, 3.8) is 0 Å². The zero-order valence-corrected chi connectivity index (χ0v) is 9.84. The van der Waals surface area contributed by atoms with E-state index in [-0.39, 0.29) is 17.8 Å². The third-order valence-electron chi connectivity index (χ3n) is 3.68. The average Bonchev–Trinajstić information content (AvgIpc) is 2.99. The minimum absolute atomic E-state index is 0.0330. The molecule has 2 aliphatic heterocycles. The first kappa shape index (κ1) is 11.0. The van der Waals surface area contributed by atoms with Crippen molar-refractivity contribution in [1.29, 1.82) is 0 Å². The lowest BCUT2D eigenvalue weighted by atomic mass is 10.1. The van der Waals surface area contributed by atoms with E-state index in [2.05, 4.69) is 10.4 Å². The van der Waals surface area contributed by atoms with Gasteiger partial charge in [0.1, 0.15) is 6.33 Å². The second kappa shape index (κ2) is 4.62. The fourth-order valence-electron chi connectivity index (χ4n) is 2.64. The first-order chi connectivity index (χ1) is 8.36. The van der Waals surface area contributed by atoms with Crippen LogP contribution in [0.2, 0.25) is 0 Å². The summed E-state index contributed by atoms with van der Waals surface area (Å²) in [6.45, 7) is 3.32. The van der Waals surface area contributed by atoms with Gasteiger partial charge in [-0.15, -0.1) is 0 Å². The Kier molecular flexibility index (Phi) is 2.98. The second-order valence-electron chi connectivity index (χ2n) is 4.76. The van der Waals surface area contributed by atoms with Crippen LogP contribution in [0, 0.1) is 0 Å². The van der Waals surface area contributed by atoms with Crippen LogP contribution in [0.3, 0.4) is 0 Å². The van der Waals surface area contributed by atoms with E-state index >= 15 is 0 Å². The number of rotatable bonds is 2. The quantitative estimate of drug-likeness (QED) is 0.783. The summed E-state index contributed by atoms with van der Waals surface area (Å²) in [6.07, 6.45) is 4.48. The largest absolute Gasteiger partial charge is 0.381 e. The molecule has 1 N–H and O–H groups in total. The molecule has 0 bridgehead atoms. The number of aromatic nitrogens is 3. The van der Waals surface area contributed by atoms with Gasteiger partial charge < -0.3 is 10.1 Å². The van der Waals surface area contributed by atoms with E-state index in [1.54, 1.807) is 15.6 Å². The molecule has 1 aromatic heterocycles. The van der Waals surface area contributed by atoms with Crippen LogP contribution in [-0.4, -0.2) is 40.7 Å². The Morgan fingerprint density at radius 1 is 1.29 bits per heavy atom. The maximum Gasteiger partial charge on any atom is 0.346 e. The van der Waals surface area contributed by atoms with Gasteiger partial charge in [-0.05, 0) is 25.8 Å². The van der Waals surface area contributed by atoms with E-state index in [9.17, 15) is 4.79 Å². The van der Waals surface area contributed by atoms with Crippen LogP contribution in [-0.2, 0) is 4.74 Å². The Hall–Kier alpha value is -1.14. The molecule has 0 spiro atoms. The molecule has 2 saturated heterocycles. The van der Waals surface area contributed by atoms with Crippen molar-refractivity contribution >= 4 is 0 Å². The highest BCUT2D eigenvalue weighted by Crippen LogP contribution is 2.18. The SMILES string of the molecule is O=c1n([C@H]2CCNC2)cnn1C1CCOCC1. The van der Waals surface area contributed by atoms with Gasteiger partial charge in [-0.3, -0.25) is 4.57 Å². The van der Waals surface area contributed by atoms with Crippen molar-refractivity contribution in [1.82, 2.24) is 19.7 Å². The van der Waals surface area contributed by atoms with Gasteiger partial charge >= 0.3 is 5.69 Å². The van der Waals surface area contributed by atoms with Crippen molar-refractivity contribution < 1.29 is 4.74 Å². The predicted octanol–water partition coefficient (Wildman–Crippen LogP) is -0.0693. The second-order valence-corrected chi connectivity index (χ2v) is 4.76.